The molecule has 0 radical (unpaired) electrons. The van der Waals surface area contributed by atoms with Gasteiger partial charge in [0, 0.05) is 34.9 Å². The molecule has 82 valence electrons. The van der Waals surface area contributed by atoms with Crippen molar-refractivity contribution in [1.29, 1.82) is 0 Å². The zero-order valence-corrected chi connectivity index (χ0v) is 11.2. The van der Waals surface area contributed by atoms with Crippen LogP contribution >= 0.6 is 22.6 Å². The zero-order valence-electron chi connectivity index (χ0n) is 9.04. The first-order chi connectivity index (χ1) is 7.31. The number of halogens is 1. The van der Waals surface area contributed by atoms with E-state index in [4.69, 9.17) is 0 Å². The van der Waals surface area contributed by atoms with Gasteiger partial charge in [-0.15, -0.1) is 0 Å². The summed E-state index contributed by atoms with van der Waals surface area (Å²) in [5, 5.41) is 3.45. The molecule has 3 heteroatoms. The van der Waals surface area contributed by atoms with E-state index in [0.29, 0.717) is 6.04 Å². The second kappa shape index (κ2) is 5.16. The van der Waals surface area contributed by atoms with Crippen LogP contribution < -0.4 is 10.2 Å². The van der Waals surface area contributed by atoms with Crippen LogP contribution in [-0.2, 0) is 0 Å². The highest BCUT2D eigenvalue weighted by Gasteiger charge is 2.20. The molecule has 1 N–H and O–H groups in total. The molecule has 1 saturated heterocycles. The Morgan fingerprint density at radius 1 is 1.40 bits per heavy atom. The van der Waals surface area contributed by atoms with Crippen molar-refractivity contribution in [1.82, 2.24) is 5.32 Å². The lowest BCUT2D eigenvalue weighted by molar-refractivity contribution is 0.466. The van der Waals surface area contributed by atoms with Crippen LogP contribution in [0.2, 0.25) is 0 Å². The van der Waals surface area contributed by atoms with Crippen LogP contribution in [-0.4, -0.2) is 25.7 Å². The number of nitrogens with zero attached hydrogens (tertiary/aromatic N) is 1. The molecule has 2 rings (SSSR count). The van der Waals surface area contributed by atoms with Crippen molar-refractivity contribution in [2.24, 2.45) is 0 Å². The Labute approximate surface area is 105 Å². The summed E-state index contributed by atoms with van der Waals surface area (Å²) in [4.78, 5) is 2.52. The molecule has 0 bridgehead atoms. The van der Waals surface area contributed by atoms with Gasteiger partial charge in [-0.1, -0.05) is 6.92 Å². The first-order valence-corrected chi connectivity index (χ1v) is 6.62. The van der Waals surface area contributed by atoms with Crippen molar-refractivity contribution in [3.63, 3.8) is 0 Å². The van der Waals surface area contributed by atoms with Crippen molar-refractivity contribution in [2.45, 2.75) is 19.4 Å². The van der Waals surface area contributed by atoms with Gasteiger partial charge in [0.05, 0.1) is 0 Å². The predicted molar refractivity (Wildman–Crippen MR) is 73.5 cm³/mol. The smallest absolute Gasteiger partial charge is 0.0412 e. The first kappa shape index (κ1) is 11.2. The molecular formula is C12H17IN2. The predicted octanol–water partition coefficient (Wildman–Crippen LogP) is 2.48. The minimum atomic E-state index is 0.652. The van der Waals surface area contributed by atoms with Gasteiger partial charge in [-0.3, -0.25) is 0 Å². The van der Waals surface area contributed by atoms with Gasteiger partial charge in [-0.25, -0.2) is 0 Å². The highest BCUT2D eigenvalue weighted by molar-refractivity contribution is 14.1. The summed E-state index contributed by atoms with van der Waals surface area (Å²) in [6.45, 7) is 5.60. The maximum atomic E-state index is 3.45. The number of nitrogens with one attached hydrogen (secondary N) is 1. The van der Waals surface area contributed by atoms with E-state index >= 15 is 0 Å². The number of benzene rings is 1. The molecule has 0 saturated carbocycles. The van der Waals surface area contributed by atoms with E-state index in [-0.39, 0.29) is 0 Å². The summed E-state index contributed by atoms with van der Waals surface area (Å²) in [6, 6.07) is 9.49. The third kappa shape index (κ3) is 2.64. The van der Waals surface area contributed by atoms with Crippen molar-refractivity contribution >= 4 is 28.3 Å². The molecule has 1 aliphatic rings. The maximum Gasteiger partial charge on any atom is 0.0412 e. The van der Waals surface area contributed by atoms with Crippen LogP contribution in [0.4, 0.5) is 5.69 Å². The molecule has 1 unspecified atom stereocenters. The van der Waals surface area contributed by atoms with E-state index in [0.717, 1.165) is 19.6 Å². The lowest BCUT2D eigenvalue weighted by Crippen LogP contribution is -2.51. The van der Waals surface area contributed by atoms with Crippen LogP contribution in [0.25, 0.3) is 0 Å². The average Bonchev–Trinajstić information content (AvgIpc) is 2.30. The molecule has 0 aliphatic carbocycles. The van der Waals surface area contributed by atoms with Gasteiger partial charge in [0.25, 0.3) is 0 Å². The van der Waals surface area contributed by atoms with E-state index in [9.17, 15) is 0 Å². The van der Waals surface area contributed by atoms with Crippen LogP contribution in [0.3, 0.4) is 0 Å². The summed E-state index contributed by atoms with van der Waals surface area (Å²) >= 11 is 2.35. The number of piperazine rings is 1. The molecule has 15 heavy (non-hydrogen) atoms. The Bertz CT molecular complexity index is 310. The molecule has 1 aromatic rings. The standard InChI is InChI=1S/C12H17IN2/c1-2-11-9-14-7-8-15(11)12-5-3-10(13)4-6-12/h3-6,11,14H,2,7-9H2,1H3. The van der Waals surface area contributed by atoms with E-state index in [1.807, 2.05) is 0 Å². The van der Waals surface area contributed by atoms with Gasteiger partial charge in [-0.2, -0.15) is 0 Å². The summed E-state index contributed by atoms with van der Waals surface area (Å²) in [7, 11) is 0. The normalized spacial score (nSPS) is 21.7. The van der Waals surface area contributed by atoms with Gasteiger partial charge < -0.3 is 10.2 Å². The SMILES string of the molecule is CCC1CNCCN1c1ccc(I)cc1. The monoisotopic (exact) mass is 316 g/mol. The summed E-state index contributed by atoms with van der Waals surface area (Å²) < 4.78 is 1.31. The van der Waals surface area contributed by atoms with E-state index in [1.54, 1.807) is 0 Å². The summed E-state index contributed by atoms with van der Waals surface area (Å²) in [5.74, 6) is 0. The second-order valence-corrected chi connectivity index (χ2v) is 5.18. The third-order valence-electron chi connectivity index (χ3n) is 2.98. The van der Waals surface area contributed by atoms with Crippen molar-refractivity contribution in [2.75, 3.05) is 24.5 Å². The van der Waals surface area contributed by atoms with Crippen LogP contribution in [0, 0.1) is 3.57 Å². The Morgan fingerprint density at radius 2 is 2.13 bits per heavy atom. The molecular weight excluding hydrogens is 299 g/mol. The largest absolute Gasteiger partial charge is 0.366 e. The second-order valence-electron chi connectivity index (χ2n) is 3.94. The number of rotatable bonds is 2. The summed E-state index contributed by atoms with van der Waals surface area (Å²) in [6.07, 6.45) is 1.21. The van der Waals surface area contributed by atoms with Crippen molar-refractivity contribution in [3.8, 4) is 0 Å². The fourth-order valence-electron chi connectivity index (χ4n) is 2.10. The number of hydrogen-bond acceptors (Lipinski definition) is 2. The zero-order chi connectivity index (χ0) is 10.7. The molecule has 0 spiro atoms. The van der Waals surface area contributed by atoms with Gasteiger partial charge in [0.15, 0.2) is 0 Å². The maximum absolute atomic E-state index is 3.45. The number of anilines is 1. The average molecular weight is 316 g/mol. The minimum Gasteiger partial charge on any atom is -0.366 e. The molecule has 1 aliphatic heterocycles. The van der Waals surface area contributed by atoms with E-state index in [1.165, 1.54) is 15.7 Å². The Morgan fingerprint density at radius 3 is 2.80 bits per heavy atom. The van der Waals surface area contributed by atoms with E-state index in [2.05, 4.69) is 64.0 Å². The minimum absolute atomic E-state index is 0.652. The number of hydrogen-bond donors (Lipinski definition) is 1. The molecule has 1 aromatic carbocycles. The van der Waals surface area contributed by atoms with Crippen molar-refractivity contribution in [3.05, 3.63) is 27.8 Å². The van der Waals surface area contributed by atoms with Gasteiger partial charge in [0.2, 0.25) is 0 Å². The molecule has 0 aromatic heterocycles. The fourth-order valence-corrected chi connectivity index (χ4v) is 2.46. The molecule has 2 nitrogen and oxygen atoms in total. The molecule has 1 fully saturated rings. The highest BCUT2D eigenvalue weighted by atomic mass is 127. The van der Waals surface area contributed by atoms with Gasteiger partial charge in [-0.05, 0) is 53.3 Å². The molecule has 1 atom stereocenters. The van der Waals surface area contributed by atoms with Crippen LogP contribution in [0.5, 0.6) is 0 Å². The topological polar surface area (TPSA) is 15.3 Å². The van der Waals surface area contributed by atoms with Crippen molar-refractivity contribution < 1.29 is 0 Å². The Kier molecular flexibility index (Phi) is 3.86. The Balaban J connectivity index is 2.16. The Hall–Kier alpha value is -0.290. The van der Waals surface area contributed by atoms with Crippen LogP contribution in [0.15, 0.2) is 24.3 Å². The van der Waals surface area contributed by atoms with Crippen LogP contribution in [0.1, 0.15) is 13.3 Å². The highest BCUT2D eigenvalue weighted by Crippen LogP contribution is 2.20. The summed E-state index contributed by atoms with van der Waals surface area (Å²) in [5.41, 5.74) is 1.36. The quantitative estimate of drug-likeness (QED) is 0.844. The lowest BCUT2D eigenvalue weighted by Gasteiger charge is -2.37. The third-order valence-corrected chi connectivity index (χ3v) is 3.70. The lowest BCUT2D eigenvalue weighted by atomic mass is 10.1. The first-order valence-electron chi connectivity index (χ1n) is 5.54. The molecule has 0 amide bonds. The van der Waals surface area contributed by atoms with Gasteiger partial charge >= 0.3 is 0 Å². The van der Waals surface area contributed by atoms with E-state index < -0.39 is 0 Å². The van der Waals surface area contributed by atoms with Gasteiger partial charge in [0.1, 0.15) is 0 Å². The fraction of sp³-hybridized carbons (Fsp3) is 0.500. The molecule has 1 heterocycles.